The Labute approximate surface area is 300 Å². The highest BCUT2D eigenvalue weighted by atomic mass is 28.3. The lowest BCUT2D eigenvalue weighted by atomic mass is 9.92. The van der Waals surface area contributed by atoms with Gasteiger partial charge in [0, 0.05) is 16.7 Å². The van der Waals surface area contributed by atoms with Gasteiger partial charge in [0.2, 0.25) is 0 Å². The number of nitrogens with zero attached hydrogens (tertiary/aromatic N) is 3. The third kappa shape index (κ3) is 5.60. The monoisotopic (exact) mass is 669 g/mol. The summed E-state index contributed by atoms with van der Waals surface area (Å²) in [5.41, 5.74) is 13.0. The number of fused-ring (bicyclic) bond motifs is 3. The predicted molar refractivity (Wildman–Crippen MR) is 215 cm³/mol. The van der Waals surface area contributed by atoms with Crippen molar-refractivity contribution in [2.45, 2.75) is 13.1 Å². The molecule has 1 aliphatic heterocycles. The molecule has 0 radical (unpaired) electrons. The van der Waals surface area contributed by atoms with Gasteiger partial charge in [-0.15, -0.1) is 0 Å². The lowest BCUT2D eigenvalue weighted by Gasteiger charge is -2.19. The molecule has 0 aliphatic carbocycles. The van der Waals surface area contributed by atoms with Crippen molar-refractivity contribution in [3.8, 4) is 78.7 Å². The molecule has 0 saturated heterocycles. The van der Waals surface area contributed by atoms with Gasteiger partial charge >= 0.3 is 0 Å². The van der Waals surface area contributed by atoms with E-state index in [0.29, 0.717) is 17.5 Å². The molecule has 0 spiro atoms. The van der Waals surface area contributed by atoms with Crippen LogP contribution >= 0.6 is 0 Å². The average Bonchev–Trinajstić information content (AvgIpc) is 3.44. The second-order valence-electron chi connectivity index (χ2n) is 13.7. The van der Waals surface area contributed by atoms with E-state index in [1.165, 1.54) is 43.8 Å². The molecule has 0 fully saturated rings. The summed E-state index contributed by atoms with van der Waals surface area (Å²) in [6.45, 7) is 4.95. The molecule has 9 rings (SSSR count). The van der Waals surface area contributed by atoms with E-state index in [2.05, 4.69) is 128 Å². The summed E-state index contributed by atoms with van der Waals surface area (Å²) in [6, 6.07) is 62.5. The van der Waals surface area contributed by atoms with Crippen LogP contribution in [0.2, 0.25) is 13.1 Å². The van der Waals surface area contributed by atoms with Crippen molar-refractivity contribution in [1.29, 1.82) is 0 Å². The van der Waals surface area contributed by atoms with Crippen LogP contribution in [0, 0.1) is 0 Å². The zero-order valence-corrected chi connectivity index (χ0v) is 29.6. The van der Waals surface area contributed by atoms with Crippen LogP contribution in [0.3, 0.4) is 0 Å². The maximum absolute atomic E-state index is 4.91. The molecule has 0 unspecified atom stereocenters. The summed E-state index contributed by atoms with van der Waals surface area (Å²) in [6.07, 6.45) is 0. The Morgan fingerprint density at radius 1 is 0.314 bits per heavy atom. The number of benzene rings is 7. The van der Waals surface area contributed by atoms with Gasteiger partial charge in [-0.25, -0.2) is 15.0 Å². The van der Waals surface area contributed by atoms with Gasteiger partial charge in [0.25, 0.3) is 0 Å². The highest BCUT2D eigenvalue weighted by molar-refractivity contribution is 7.04. The van der Waals surface area contributed by atoms with Gasteiger partial charge < -0.3 is 0 Å². The Balaban J connectivity index is 1.05. The quantitative estimate of drug-likeness (QED) is 0.165. The third-order valence-corrected chi connectivity index (χ3v) is 13.7. The summed E-state index contributed by atoms with van der Waals surface area (Å²) in [5.74, 6) is 1.98. The minimum atomic E-state index is -1.74. The van der Waals surface area contributed by atoms with E-state index in [0.717, 1.165) is 27.8 Å². The topological polar surface area (TPSA) is 38.7 Å². The van der Waals surface area contributed by atoms with E-state index in [-0.39, 0.29) is 0 Å². The summed E-state index contributed by atoms with van der Waals surface area (Å²) < 4.78 is 0. The van der Waals surface area contributed by atoms with Crippen LogP contribution in [0.5, 0.6) is 0 Å². The van der Waals surface area contributed by atoms with Crippen molar-refractivity contribution in [2.75, 3.05) is 0 Å². The molecule has 1 aromatic heterocycles. The standard InChI is InChI=1S/C47H35N3Si/c1-51(2)42-24-10-9-22-41(42)44-40(23-13-25-43(44)51)39-21-12-20-38(31-39)37-19-11-18-36(30-37)32-26-28-35(29-27-32)47-49-45(33-14-5-3-6-15-33)48-46(50-47)34-16-7-4-8-17-34/h3-31H,1-2H3. The van der Waals surface area contributed by atoms with Crippen LogP contribution in [-0.2, 0) is 0 Å². The number of aromatic nitrogens is 3. The van der Waals surface area contributed by atoms with Crippen molar-refractivity contribution < 1.29 is 0 Å². The number of rotatable bonds is 6. The molecule has 242 valence electrons. The number of hydrogen-bond acceptors (Lipinski definition) is 3. The van der Waals surface area contributed by atoms with Crippen molar-refractivity contribution in [3.05, 3.63) is 176 Å². The fourth-order valence-corrected chi connectivity index (χ4v) is 10.6. The molecule has 0 saturated carbocycles. The van der Waals surface area contributed by atoms with Gasteiger partial charge in [0.15, 0.2) is 17.5 Å². The molecule has 7 aromatic carbocycles. The summed E-state index contributed by atoms with van der Waals surface area (Å²) in [7, 11) is -1.74. The van der Waals surface area contributed by atoms with Crippen molar-refractivity contribution in [3.63, 3.8) is 0 Å². The lowest BCUT2D eigenvalue weighted by Crippen LogP contribution is -2.49. The van der Waals surface area contributed by atoms with Crippen LogP contribution < -0.4 is 10.4 Å². The molecule has 0 bridgehead atoms. The Morgan fingerprint density at radius 2 is 0.706 bits per heavy atom. The fraction of sp³-hybridized carbons (Fsp3) is 0.0426. The lowest BCUT2D eigenvalue weighted by molar-refractivity contribution is 1.07. The third-order valence-electron chi connectivity index (χ3n) is 10.2. The highest BCUT2D eigenvalue weighted by Crippen LogP contribution is 2.38. The normalized spacial score (nSPS) is 12.7. The molecule has 0 N–H and O–H groups in total. The molecule has 4 heteroatoms. The van der Waals surface area contributed by atoms with E-state index in [4.69, 9.17) is 15.0 Å². The van der Waals surface area contributed by atoms with Crippen LogP contribution in [-0.4, -0.2) is 23.0 Å². The van der Waals surface area contributed by atoms with E-state index in [9.17, 15) is 0 Å². The van der Waals surface area contributed by atoms with Gasteiger partial charge in [-0.05, 0) is 67.0 Å². The first-order chi connectivity index (χ1) is 25.0. The Morgan fingerprint density at radius 3 is 1.31 bits per heavy atom. The van der Waals surface area contributed by atoms with Gasteiger partial charge in [-0.1, -0.05) is 177 Å². The molecular formula is C47H35N3Si. The molecule has 1 aliphatic rings. The van der Waals surface area contributed by atoms with E-state index in [1.807, 2.05) is 60.7 Å². The van der Waals surface area contributed by atoms with Gasteiger partial charge in [-0.2, -0.15) is 0 Å². The Bertz CT molecular complexity index is 2480. The van der Waals surface area contributed by atoms with Crippen molar-refractivity contribution in [2.24, 2.45) is 0 Å². The first-order valence-corrected chi connectivity index (χ1v) is 20.4. The molecule has 0 atom stereocenters. The average molecular weight is 670 g/mol. The maximum Gasteiger partial charge on any atom is 0.164 e. The molecule has 51 heavy (non-hydrogen) atoms. The van der Waals surface area contributed by atoms with Gasteiger partial charge in [0.05, 0.1) is 0 Å². The first kappa shape index (κ1) is 30.8. The number of hydrogen-bond donors (Lipinski definition) is 0. The molecule has 8 aromatic rings. The van der Waals surface area contributed by atoms with Crippen LogP contribution in [0.1, 0.15) is 0 Å². The highest BCUT2D eigenvalue weighted by Gasteiger charge is 2.38. The zero-order valence-electron chi connectivity index (χ0n) is 28.6. The van der Waals surface area contributed by atoms with E-state index < -0.39 is 8.07 Å². The molecule has 2 heterocycles. The maximum atomic E-state index is 4.91. The summed E-state index contributed by atoms with van der Waals surface area (Å²) in [4.78, 5) is 14.7. The molecular weight excluding hydrogens is 635 g/mol. The second-order valence-corrected chi connectivity index (χ2v) is 18.0. The minimum Gasteiger partial charge on any atom is -0.208 e. The predicted octanol–water partition coefficient (Wildman–Crippen LogP) is 10.7. The van der Waals surface area contributed by atoms with E-state index in [1.54, 1.807) is 0 Å². The minimum absolute atomic E-state index is 0.654. The van der Waals surface area contributed by atoms with Crippen LogP contribution in [0.4, 0.5) is 0 Å². The SMILES string of the molecule is C[Si]1(C)c2ccccc2-c2c(-c3cccc(-c4cccc(-c5ccc(-c6nc(-c7ccccc7)nc(-c7ccccc7)n6)cc5)c4)c3)cccc21. The van der Waals surface area contributed by atoms with Crippen molar-refractivity contribution in [1.82, 2.24) is 15.0 Å². The fourth-order valence-electron chi connectivity index (χ4n) is 7.49. The molecule has 0 amide bonds. The first-order valence-electron chi connectivity index (χ1n) is 17.4. The van der Waals surface area contributed by atoms with Crippen LogP contribution in [0.25, 0.3) is 78.7 Å². The summed E-state index contributed by atoms with van der Waals surface area (Å²) >= 11 is 0. The Hall–Kier alpha value is -6.23. The van der Waals surface area contributed by atoms with Gasteiger partial charge in [-0.3, -0.25) is 0 Å². The smallest absolute Gasteiger partial charge is 0.164 e. The van der Waals surface area contributed by atoms with Gasteiger partial charge in [0.1, 0.15) is 8.07 Å². The van der Waals surface area contributed by atoms with Crippen molar-refractivity contribution >= 4 is 18.4 Å². The Kier molecular flexibility index (Phi) is 7.60. The molecule has 3 nitrogen and oxygen atoms in total. The largest absolute Gasteiger partial charge is 0.208 e. The van der Waals surface area contributed by atoms with E-state index >= 15 is 0 Å². The summed E-state index contributed by atoms with van der Waals surface area (Å²) in [5, 5.41) is 3.06. The zero-order chi connectivity index (χ0) is 34.4. The van der Waals surface area contributed by atoms with Crippen LogP contribution in [0.15, 0.2) is 176 Å². The second kappa shape index (κ2) is 12.6.